The summed E-state index contributed by atoms with van der Waals surface area (Å²) in [7, 11) is 3.63. The zero-order chi connectivity index (χ0) is 16.9. The summed E-state index contributed by atoms with van der Waals surface area (Å²) in [5.74, 6) is 1.88. The molecular weight excluding hydrogens is 326 g/mol. The Morgan fingerprint density at radius 3 is 2.75 bits per heavy atom. The number of rotatable bonds is 6. The van der Waals surface area contributed by atoms with Gasteiger partial charge in [-0.2, -0.15) is 4.98 Å². The van der Waals surface area contributed by atoms with Crippen LogP contribution in [0, 0.1) is 0 Å². The molecule has 6 heteroatoms. The quantitative estimate of drug-likeness (QED) is 0.676. The van der Waals surface area contributed by atoms with Gasteiger partial charge in [0.1, 0.15) is 5.75 Å². The van der Waals surface area contributed by atoms with Gasteiger partial charge in [0.15, 0.2) is 0 Å². The molecule has 124 valence electrons. The van der Waals surface area contributed by atoms with Crippen LogP contribution in [0.3, 0.4) is 0 Å². The molecule has 0 aliphatic rings. The molecule has 0 radical (unpaired) electrons. The summed E-state index contributed by atoms with van der Waals surface area (Å²) < 4.78 is 10.6. The highest BCUT2D eigenvalue weighted by Crippen LogP contribution is 2.21. The highest BCUT2D eigenvalue weighted by Gasteiger charge is 2.11. The molecule has 2 aromatic carbocycles. The van der Waals surface area contributed by atoms with E-state index < -0.39 is 0 Å². The molecule has 0 amide bonds. The molecular formula is C18H18ClN3O2. The fourth-order valence-corrected chi connectivity index (χ4v) is 2.65. The van der Waals surface area contributed by atoms with E-state index in [4.69, 9.17) is 20.9 Å². The highest BCUT2D eigenvalue weighted by atomic mass is 35.5. The van der Waals surface area contributed by atoms with Gasteiger partial charge in [-0.05, 0) is 36.9 Å². The summed E-state index contributed by atoms with van der Waals surface area (Å²) in [5, 5.41) is 4.78. The minimum Gasteiger partial charge on any atom is -0.497 e. The lowest BCUT2D eigenvalue weighted by Crippen LogP contribution is -2.17. The lowest BCUT2D eigenvalue weighted by molar-refractivity contribution is 0.261. The van der Waals surface area contributed by atoms with Crippen LogP contribution in [0.2, 0.25) is 5.02 Å². The van der Waals surface area contributed by atoms with E-state index in [0.717, 1.165) is 28.4 Å². The molecule has 5 nitrogen and oxygen atoms in total. The maximum atomic E-state index is 6.01. The van der Waals surface area contributed by atoms with E-state index in [1.807, 2.05) is 55.6 Å². The monoisotopic (exact) mass is 343 g/mol. The Labute approximate surface area is 145 Å². The lowest BCUT2D eigenvalue weighted by Gasteiger charge is -2.14. The Kier molecular flexibility index (Phi) is 5.13. The summed E-state index contributed by atoms with van der Waals surface area (Å²) >= 11 is 6.01. The van der Waals surface area contributed by atoms with E-state index in [0.29, 0.717) is 18.3 Å². The third kappa shape index (κ3) is 4.13. The summed E-state index contributed by atoms with van der Waals surface area (Å²) in [6.07, 6.45) is 0. The molecule has 0 unspecified atom stereocenters. The van der Waals surface area contributed by atoms with Crippen molar-refractivity contribution >= 4 is 11.6 Å². The van der Waals surface area contributed by atoms with Crippen molar-refractivity contribution in [3.63, 3.8) is 0 Å². The second-order valence-corrected chi connectivity index (χ2v) is 5.98. The second kappa shape index (κ2) is 7.47. The van der Waals surface area contributed by atoms with Gasteiger partial charge in [-0.15, -0.1) is 0 Å². The van der Waals surface area contributed by atoms with Crippen molar-refractivity contribution < 1.29 is 9.26 Å². The van der Waals surface area contributed by atoms with Crippen LogP contribution in [0.5, 0.6) is 5.75 Å². The third-order valence-corrected chi connectivity index (χ3v) is 3.78. The van der Waals surface area contributed by atoms with Gasteiger partial charge in [0, 0.05) is 17.1 Å². The van der Waals surface area contributed by atoms with Crippen LogP contribution in [-0.2, 0) is 13.1 Å². The summed E-state index contributed by atoms with van der Waals surface area (Å²) in [5.41, 5.74) is 2.00. The highest BCUT2D eigenvalue weighted by molar-refractivity contribution is 6.30. The molecule has 3 rings (SSSR count). The predicted molar refractivity (Wildman–Crippen MR) is 92.9 cm³/mol. The Balaban J connectivity index is 1.67. The number of hydrogen-bond acceptors (Lipinski definition) is 5. The predicted octanol–water partition coefficient (Wildman–Crippen LogP) is 4.03. The molecule has 0 saturated heterocycles. The van der Waals surface area contributed by atoms with Crippen molar-refractivity contribution in [2.24, 2.45) is 0 Å². The number of aromatic nitrogens is 2. The van der Waals surface area contributed by atoms with Crippen LogP contribution in [0.1, 0.15) is 11.5 Å². The topological polar surface area (TPSA) is 51.4 Å². The molecule has 1 heterocycles. The standard InChI is InChI=1S/C18H18ClN3O2/c1-22(11-13-5-3-7-15(19)9-13)12-17-20-18(21-24-17)14-6-4-8-16(10-14)23-2/h3-10H,11-12H2,1-2H3. The average Bonchev–Trinajstić information content (AvgIpc) is 3.03. The normalized spacial score (nSPS) is 11.0. The van der Waals surface area contributed by atoms with Gasteiger partial charge in [0.25, 0.3) is 0 Å². The van der Waals surface area contributed by atoms with Crippen molar-refractivity contribution in [3.05, 3.63) is 65.0 Å². The molecule has 0 atom stereocenters. The first-order valence-electron chi connectivity index (χ1n) is 7.54. The molecule has 3 aromatic rings. The average molecular weight is 344 g/mol. The Hall–Kier alpha value is -2.37. The maximum Gasteiger partial charge on any atom is 0.241 e. The molecule has 0 fully saturated rings. The smallest absolute Gasteiger partial charge is 0.241 e. The van der Waals surface area contributed by atoms with Crippen molar-refractivity contribution in [2.45, 2.75) is 13.1 Å². The minimum absolute atomic E-state index is 0.556. The van der Waals surface area contributed by atoms with E-state index in [2.05, 4.69) is 15.0 Å². The summed E-state index contributed by atoms with van der Waals surface area (Å²) in [6, 6.07) is 15.4. The van der Waals surface area contributed by atoms with Gasteiger partial charge in [-0.25, -0.2) is 0 Å². The van der Waals surface area contributed by atoms with Crippen molar-refractivity contribution in [3.8, 4) is 17.1 Å². The Bertz CT molecular complexity index is 819. The zero-order valence-corrected chi connectivity index (χ0v) is 14.3. The molecule has 0 spiro atoms. The van der Waals surface area contributed by atoms with E-state index in [9.17, 15) is 0 Å². The molecule has 1 aromatic heterocycles. The molecule has 0 N–H and O–H groups in total. The Morgan fingerprint density at radius 1 is 1.12 bits per heavy atom. The molecule has 0 aliphatic carbocycles. The molecule has 0 bridgehead atoms. The van der Waals surface area contributed by atoms with Crippen LogP contribution in [-0.4, -0.2) is 29.2 Å². The van der Waals surface area contributed by atoms with Gasteiger partial charge >= 0.3 is 0 Å². The van der Waals surface area contributed by atoms with Gasteiger partial charge in [0.05, 0.1) is 13.7 Å². The van der Waals surface area contributed by atoms with Crippen molar-refractivity contribution in [2.75, 3.05) is 14.2 Å². The first kappa shape index (κ1) is 16.5. The van der Waals surface area contributed by atoms with Crippen LogP contribution in [0.25, 0.3) is 11.4 Å². The number of nitrogens with zero attached hydrogens (tertiary/aromatic N) is 3. The van der Waals surface area contributed by atoms with Gasteiger partial charge in [-0.1, -0.05) is 41.0 Å². The third-order valence-electron chi connectivity index (χ3n) is 3.54. The van der Waals surface area contributed by atoms with E-state index in [1.54, 1.807) is 7.11 Å². The SMILES string of the molecule is COc1cccc(-c2noc(CN(C)Cc3cccc(Cl)c3)n2)c1. The molecule has 0 saturated carbocycles. The van der Waals surface area contributed by atoms with E-state index in [1.165, 1.54) is 0 Å². The minimum atomic E-state index is 0.556. The van der Waals surface area contributed by atoms with Crippen LogP contribution >= 0.6 is 11.6 Å². The van der Waals surface area contributed by atoms with E-state index in [-0.39, 0.29) is 0 Å². The number of hydrogen-bond donors (Lipinski definition) is 0. The van der Waals surface area contributed by atoms with Gasteiger partial charge in [0.2, 0.25) is 11.7 Å². The van der Waals surface area contributed by atoms with Crippen LogP contribution in [0.15, 0.2) is 53.1 Å². The number of methoxy groups -OCH3 is 1. The fraction of sp³-hybridized carbons (Fsp3) is 0.222. The van der Waals surface area contributed by atoms with Crippen molar-refractivity contribution in [1.82, 2.24) is 15.0 Å². The molecule has 0 aliphatic heterocycles. The summed E-state index contributed by atoms with van der Waals surface area (Å²) in [4.78, 5) is 6.55. The van der Waals surface area contributed by atoms with Gasteiger partial charge < -0.3 is 9.26 Å². The zero-order valence-electron chi connectivity index (χ0n) is 13.6. The first-order chi connectivity index (χ1) is 11.6. The fourth-order valence-electron chi connectivity index (χ4n) is 2.43. The Morgan fingerprint density at radius 2 is 1.96 bits per heavy atom. The molecule has 24 heavy (non-hydrogen) atoms. The number of halogens is 1. The van der Waals surface area contributed by atoms with Crippen LogP contribution in [0.4, 0.5) is 0 Å². The van der Waals surface area contributed by atoms with Crippen molar-refractivity contribution in [1.29, 1.82) is 0 Å². The van der Waals surface area contributed by atoms with Crippen LogP contribution < -0.4 is 4.74 Å². The van der Waals surface area contributed by atoms with Gasteiger partial charge in [-0.3, -0.25) is 4.90 Å². The number of ether oxygens (including phenoxy) is 1. The van der Waals surface area contributed by atoms with E-state index >= 15 is 0 Å². The summed E-state index contributed by atoms with van der Waals surface area (Å²) in [6.45, 7) is 1.31. The first-order valence-corrected chi connectivity index (χ1v) is 7.92. The largest absolute Gasteiger partial charge is 0.497 e. The lowest BCUT2D eigenvalue weighted by atomic mass is 10.2. The maximum absolute atomic E-state index is 6.01. The second-order valence-electron chi connectivity index (χ2n) is 5.55. The number of benzene rings is 2.